The van der Waals surface area contributed by atoms with Crippen molar-refractivity contribution < 1.29 is 18.3 Å². The third-order valence-corrected chi connectivity index (χ3v) is 5.20. The highest BCUT2D eigenvalue weighted by Gasteiger charge is 2.24. The number of rotatable bonds is 8. The normalized spacial score (nSPS) is 12.7. The molecule has 2 aromatic carbocycles. The van der Waals surface area contributed by atoms with Gasteiger partial charge in [0, 0.05) is 0 Å². The first kappa shape index (κ1) is 18.2. The zero-order valence-corrected chi connectivity index (χ0v) is 14.3. The maximum Gasteiger partial charge on any atom is 0.321 e. The van der Waals surface area contributed by atoms with Gasteiger partial charge in [-0.25, -0.2) is 8.42 Å². The maximum absolute atomic E-state index is 12.4. The molecule has 0 aliphatic rings. The Hall–Kier alpha value is -2.18. The summed E-state index contributed by atoms with van der Waals surface area (Å²) in [6.45, 7) is 1.93. The SMILES string of the molecule is CCCC[C@H](NS(=O)(=O)c1ccc(-c2ccccc2)cc1)C(=O)O. The van der Waals surface area contributed by atoms with Crippen molar-refractivity contribution in [3.63, 3.8) is 0 Å². The van der Waals surface area contributed by atoms with Crippen LogP contribution in [0.2, 0.25) is 0 Å². The maximum atomic E-state index is 12.4. The van der Waals surface area contributed by atoms with Crippen molar-refractivity contribution in [2.45, 2.75) is 37.1 Å². The van der Waals surface area contributed by atoms with Gasteiger partial charge >= 0.3 is 5.97 Å². The van der Waals surface area contributed by atoms with Gasteiger partial charge in [0.2, 0.25) is 10.0 Å². The minimum Gasteiger partial charge on any atom is -0.480 e. The van der Waals surface area contributed by atoms with Gasteiger partial charge in [-0.3, -0.25) is 4.79 Å². The Balaban J connectivity index is 2.18. The van der Waals surface area contributed by atoms with E-state index in [1.807, 2.05) is 37.3 Å². The average Bonchev–Trinajstić information content (AvgIpc) is 2.59. The topological polar surface area (TPSA) is 83.5 Å². The minimum absolute atomic E-state index is 0.0601. The zero-order chi connectivity index (χ0) is 17.6. The van der Waals surface area contributed by atoms with Crippen LogP contribution in [0, 0.1) is 0 Å². The van der Waals surface area contributed by atoms with E-state index in [2.05, 4.69) is 4.72 Å². The fourth-order valence-corrected chi connectivity index (χ4v) is 3.58. The Bertz CT molecular complexity index is 770. The standard InChI is InChI=1S/C18H21NO4S/c1-2-3-9-17(18(20)21)19-24(22,23)16-12-10-15(11-13-16)14-7-5-4-6-8-14/h4-8,10-13,17,19H,2-3,9H2,1H3,(H,20,21)/t17-/m0/s1. The van der Waals surface area contributed by atoms with E-state index in [-0.39, 0.29) is 11.3 Å². The fraction of sp³-hybridized carbons (Fsp3) is 0.278. The highest BCUT2D eigenvalue weighted by Crippen LogP contribution is 2.21. The lowest BCUT2D eigenvalue weighted by Gasteiger charge is -2.14. The van der Waals surface area contributed by atoms with Gasteiger partial charge in [-0.1, -0.05) is 62.2 Å². The molecule has 0 bridgehead atoms. The zero-order valence-electron chi connectivity index (χ0n) is 13.5. The smallest absolute Gasteiger partial charge is 0.321 e. The number of benzene rings is 2. The van der Waals surface area contributed by atoms with Crippen molar-refractivity contribution >= 4 is 16.0 Å². The molecule has 1 atom stereocenters. The molecule has 0 aliphatic carbocycles. The number of sulfonamides is 1. The van der Waals surface area contributed by atoms with Crippen LogP contribution in [0.5, 0.6) is 0 Å². The minimum atomic E-state index is -3.86. The van der Waals surface area contributed by atoms with Crippen LogP contribution in [0.4, 0.5) is 0 Å². The van der Waals surface area contributed by atoms with E-state index in [9.17, 15) is 18.3 Å². The number of carboxylic acids is 1. The summed E-state index contributed by atoms with van der Waals surface area (Å²) < 4.78 is 27.0. The van der Waals surface area contributed by atoms with Crippen LogP contribution in [0.3, 0.4) is 0 Å². The van der Waals surface area contributed by atoms with E-state index in [0.29, 0.717) is 6.42 Å². The van der Waals surface area contributed by atoms with Gasteiger partial charge in [0.15, 0.2) is 0 Å². The number of unbranched alkanes of at least 4 members (excludes halogenated alkanes) is 1. The molecule has 0 radical (unpaired) electrons. The number of aliphatic carboxylic acids is 1. The summed E-state index contributed by atoms with van der Waals surface area (Å²) in [7, 11) is -3.86. The molecule has 0 heterocycles. The van der Waals surface area contributed by atoms with E-state index in [4.69, 9.17) is 0 Å². The van der Waals surface area contributed by atoms with Gasteiger partial charge in [0.1, 0.15) is 6.04 Å². The molecular weight excluding hydrogens is 326 g/mol. The van der Waals surface area contributed by atoms with Crippen molar-refractivity contribution in [2.24, 2.45) is 0 Å². The molecule has 6 heteroatoms. The van der Waals surface area contributed by atoms with Crippen molar-refractivity contribution in [2.75, 3.05) is 0 Å². The van der Waals surface area contributed by atoms with Gasteiger partial charge in [-0.2, -0.15) is 4.72 Å². The van der Waals surface area contributed by atoms with Crippen molar-refractivity contribution in [3.05, 3.63) is 54.6 Å². The summed E-state index contributed by atoms with van der Waals surface area (Å²) in [6, 6.07) is 14.9. The first-order valence-electron chi connectivity index (χ1n) is 7.84. The van der Waals surface area contributed by atoms with Gasteiger partial charge < -0.3 is 5.11 Å². The predicted molar refractivity (Wildman–Crippen MR) is 93.1 cm³/mol. The highest BCUT2D eigenvalue weighted by atomic mass is 32.2. The molecule has 0 aromatic heterocycles. The second-order valence-electron chi connectivity index (χ2n) is 5.54. The van der Waals surface area contributed by atoms with E-state index >= 15 is 0 Å². The lowest BCUT2D eigenvalue weighted by molar-refractivity contribution is -0.139. The lowest BCUT2D eigenvalue weighted by Crippen LogP contribution is -2.40. The van der Waals surface area contributed by atoms with Gasteiger partial charge in [0.25, 0.3) is 0 Å². The van der Waals surface area contributed by atoms with E-state index < -0.39 is 22.0 Å². The fourth-order valence-electron chi connectivity index (χ4n) is 2.35. The first-order valence-corrected chi connectivity index (χ1v) is 9.33. The summed E-state index contributed by atoms with van der Waals surface area (Å²) in [5.74, 6) is -1.16. The van der Waals surface area contributed by atoms with Crippen LogP contribution >= 0.6 is 0 Å². The van der Waals surface area contributed by atoms with Crippen LogP contribution in [0.1, 0.15) is 26.2 Å². The van der Waals surface area contributed by atoms with Crippen LogP contribution in [0.25, 0.3) is 11.1 Å². The largest absolute Gasteiger partial charge is 0.480 e. The van der Waals surface area contributed by atoms with E-state index in [1.165, 1.54) is 12.1 Å². The molecule has 24 heavy (non-hydrogen) atoms. The molecule has 2 N–H and O–H groups in total. The monoisotopic (exact) mass is 347 g/mol. The number of hydrogen-bond acceptors (Lipinski definition) is 3. The third-order valence-electron chi connectivity index (χ3n) is 3.71. The summed E-state index contributed by atoms with van der Waals surface area (Å²) in [5, 5.41) is 9.18. The van der Waals surface area contributed by atoms with Crippen LogP contribution < -0.4 is 4.72 Å². The number of hydrogen-bond donors (Lipinski definition) is 2. The second-order valence-corrected chi connectivity index (χ2v) is 7.26. The molecule has 128 valence electrons. The Morgan fingerprint density at radius 3 is 2.17 bits per heavy atom. The second kappa shape index (κ2) is 8.08. The number of carbonyl (C=O) groups is 1. The highest BCUT2D eigenvalue weighted by molar-refractivity contribution is 7.89. The van der Waals surface area contributed by atoms with Gasteiger partial charge in [-0.15, -0.1) is 0 Å². The Kier molecular flexibility index (Phi) is 6.11. The molecule has 0 saturated heterocycles. The molecule has 0 saturated carbocycles. The van der Waals surface area contributed by atoms with Crippen molar-refractivity contribution in [1.82, 2.24) is 4.72 Å². The Labute approximate surface area is 142 Å². The van der Waals surface area contributed by atoms with Crippen molar-refractivity contribution in [1.29, 1.82) is 0 Å². The summed E-state index contributed by atoms with van der Waals surface area (Å²) in [4.78, 5) is 11.3. The summed E-state index contributed by atoms with van der Waals surface area (Å²) in [6.07, 6.45) is 1.72. The molecular formula is C18H21NO4S. The third kappa shape index (κ3) is 4.66. The number of carboxylic acid groups (broad SMARTS) is 1. The van der Waals surface area contributed by atoms with E-state index in [1.54, 1.807) is 12.1 Å². The Morgan fingerprint density at radius 2 is 1.62 bits per heavy atom. The summed E-state index contributed by atoms with van der Waals surface area (Å²) >= 11 is 0. The quantitative estimate of drug-likeness (QED) is 0.767. The van der Waals surface area contributed by atoms with E-state index in [0.717, 1.165) is 17.5 Å². The van der Waals surface area contributed by atoms with Gasteiger partial charge in [0.05, 0.1) is 4.90 Å². The first-order chi connectivity index (χ1) is 11.4. The molecule has 5 nitrogen and oxygen atoms in total. The van der Waals surface area contributed by atoms with Gasteiger partial charge in [-0.05, 0) is 29.7 Å². The summed E-state index contributed by atoms with van der Waals surface area (Å²) in [5.41, 5.74) is 1.89. The molecule has 0 amide bonds. The van der Waals surface area contributed by atoms with Crippen LogP contribution in [-0.2, 0) is 14.8 Å². The average molecular weight is 347 g/mol. The molecule has 0 fully saturated rings. The lowest BCUT2D eigenvalue weighted by atomic mass is 10.1. The molecule has 0 aliphatic heterocycles. The molecule has 2 rings (SSSR count). The predicted octanol–water partition coefficient (Wildman–Crippen LogP) is 3.28. The van der Waals surface area contributed by atoms with Crippen molar-refractivity contribution in [3.8, 4) is 11.1 Å². The molecule has 2 aromatic rings. The molecule has 0 spiro atoms. The Morgan fingerprint density at radius 1 is 1.04 bits per heavy atom. The molecule has 0 unspecified atom stereocenters. The van der Waals surface area contributed by atoms with Crippen LogP contribution in [0.15, 0.2) is 59.5 Å². The number of nitrogens with one attached hydrogen (secondary N) is 1. The van der Waals surface area contributed by atoms with Crippen LogP contribution in [-0.4, -0.2) is 25.5 Å².